The predicted molar refractivity (Wildman–Crippen MR) is 117 cm³/mol. The van der Waals surface area contributed by atoms with Crippen molar-refractivity contribution in [1.82, 2.24) is 0 Å². The lowest BCUT2D eigenvalue weighted by Gasteiger charge is -2.18. The van der Waals surface area contributed by atoms with Crippen molar-refractivity contribution in [3.63, 3.8) is 0 Å². The highest BCUT2D eigenvalue weighted by atomic mass is 79.9. The minimum atomic E-state index is -3.85. The number of nitro benzene ring substituents is 1. The molecule has 0 aliphatic carbocycles. The van der Waals surface area contributed by atoms with Gasteiger partial charge in [0, 0.05) is 28.6 Å². The number of hydrogen-bond acceptors (Lipinski definition) is 5. The van der Waals surface area contributed by atoms with Crippen LogP contribution in [0.25, 0.3) is 0 Å². The summed E-state index contributed by atoms with van der Waals surface area (Å²) in [6.45, 7) is 1.86. The standard InChI is InChI=1S/C22H18BrNO5S/c1-15-2-12-20(13-3-15)30(28,29)22(17-4-8-18(23)9-5-17)14-21(25)16-6-10-19(11-7-16)24(26)27/h2-13,22H,14H2,1H3/t22-/m0/s1. The maximum absolute atomic E-state index is 13.4. The molecule has 0 saturated carbocycles. The number of Topliss-reactive ketones (excluding diaryl/α,β-unsaturated/α-hetero) is 1. The molecule has 154 valence electrons. The molecular weight excluding hydrogens is 470 g/mol. The van der Waals surface area contributed by atoms with Crippen LogP contribution in [-0.4, -0.2) is 19.1 Å². The van der Waals surface area contributed by atoms with Gasteiger partial charge in [0.1, 0.15) is 0 Å². The largest absolute Gasteiger partial charge is 0.294 e. The average molecular weight is 488 g/mol. The molecule has 0 radical (unpaired) electrons. The fourth-order valence-corrected chi connectivity index (χ4v) is 5.03. The summed E-state index contributed by atoms with van der Waals surface area (Å²) < 4.78 is 27.6. The molecule has 0 aromatic heterocycles. The second-order valence-electron chi connectivity index (χ2n) is 6.83. The highest BCUT2D eigenvalue weighted by Crippen LogP contribution is 2.34. The number of nitrogens with zero attached hydrogens (tertiary/aromatic N) is 1. The molecule has 0 unspecified atom stereocenters. The number of carbonyl (C=O) groups excluding carboxylic acids is 1. The summed E-state index contributed by atoms with van der Waals surface area (Å²) in [4.78, 5) is 23.3. The van der Waals surface area contributed by atoms with Crippen LogP contribution in [0.5, 0.6) is 0 Å². The highest BCUT2D eigenvalue weighted by Gasteiger charge is 2.31. The van der Waals surface area contributed by atoms with Crippen molar-refractivity contribution in [1.29, 1.82) is 0 Å². The zero-order valence-electron chi connectivity index (χ0n) is 16.0. The summed E-state index contributed by atoms with van der Waals surface area (Å²) >= 11 is 3.33. The third-order valence-corrected chi connectivity index (χ3v) is 7.38. The van der Waals surface area contributed by atoms with E-state index in [1.54, 1.807) is 36.4 Å². The van der Waals surface area contributed by atoms with E-state index in [0.29, 0.717) is 5.56 Å². The lowest BCUT2D eigenvalue weighted by atomic mass is 10.0. The first-order chi connectivity index (χ1) is 14.2. The van der Waals surface area contributed by atoms with Crippen molar-refractivity contribution in [2.75, 3.05) is 0 Å². The van der Waals surface area contributed by atoms with Crippen LogP contribution in [0.4, 0.5) is 5.69 Å². The Morgan fingerprint density at radius 3 is 2.07 bits per heavy atom. The van der Waals surface area contributed by atoms with Crippen molar-refractivity contribution in [2.24, 2.45) is 0 Å². The number of ketones is 1. The first-order valence-electron chi connectivity index (χ1n) is 9.02. The van der Waals surface area contributed by atoms with Crippen LogP contribution in [0.15, 0.2) is 82.2 Å². The number of non-ortho nitro benzene ring substituents is 1. The third kappa shape index (κ3) is 4.83. The summed E-state index contributed by atoms with van der Waals surface area (Å²) in [5, 5.41) is 9.74. The monoisotopic (exact) mass is 487 g/mol. The van der Waals surface area contributed by atoms with Crippen LogP contribution in [0.2, 0.25) is 0 Å². The third-order valence-electron chi connectivity index (χ3n) is 4.74. The molecule has 0 spiro atoms. The van der Waals surface area contributed by atoms with Crippen molar-refractivity contribution in [2.45, 2.75) is 23.5 Å². The van der Waals surface area contributed by atoms with Crippen LogP contribution in [0, 0.1) is 17.0 Å². The van der Waals surface area contributed by atoms with Crippen molar-refractivity contribution < 1.29 is 18.1 Å². The van der Waals surface area contributed by atoms with Crippen molar-refractivity contribution >= 4 is 37.2 Å². The van der Waals surface area contributed by atoms with Gasteiger partial charge >= 0.3 is 0 Å². The minimum absolute atomic E-state index is 0.136. The fraction of sp³-hybridized carbons (Fsp3) is 0.136. The number of aryl methyl sites for hydroxylation is 1. The van der Waals surface area contributed by atoms with E-state index in [4.69, 9.17) is 0 Å². The lowest BCUT2D eigenvalue weighted by molar-refractivity contribution is -0.384. The Kier molecular flexibility index (Phi) is 6.48. The fourth-order valence-electron chi connectivity index (χ4n) is 3.03. The Hall–Kier alpha value is -2.84. The quantitative estimate of drug-likeness (QED) is 0.250. The summed E-state index contributed by atoms with van der Waals surface area (Å²) in [5.41, 5.74) is 1.51. The van der Waals surface area contributed by atoms with Gasteiger partial charge in [0.25, 0.3) is 5.69 Å². The second-order valence-corrected chi connectivity index (χ2v) is 9.88. The Labute approximate surface area is 182 Å². The Morgan fingerprint density at radius 1 is 0.967 bits per heavy atom. The van der Waals surface area contributed by atoms with Crippen LogP contribution in [-0.2, 0) is 9.84 Å². The molecular formula is C22H18BrNO5S. The van der Waals surface area contributed by atoms with Gasteiger partial charge in [-0.15, -0.1) is 0 Å². The zero-order valence-corrected chi connectivity index (χ0v) is 18.4. The molecule has 8 heteroatoms. The lowest BCUT2D eigenvalue weighted by Crippen LogP contribution is -2.18. The van der Waals surface area contributed by atoms with E-state index < -0.39 is 25.8 Å². The van der Waals surface area contributed by atoms with E-state index in [9.17, 15) is 23.3 Å². The van der Waals surface area contributed by atoms with Gasteiger partial charge in [-0.3, -0.25) is 14.9 Å². The van der Waals surface area contributed by atoms with Crippen LogP contribution in [0.1, 0.15) is 33.2 Å². The van der Waals surface area contributed by atoms with E-state index in [0.717, 1.165) is 10.0 Å². The van der Waals surface area contributed by atoms with Crippen LogP contribution in [0.3, 0.4) is 0 Å². The van der Waals surface area contributed by atoms with Gasteiger partial charge in [0.05, 0.1) is 15.1 Å². The molecule has 3 rings (SSSR count). The number of halogens is 1. The number of rotatable bonds is 7. The van der Waals surface area contributed by atoms with Crippen molar-refractivity contribution in [3.8, 4) is 0 Å². The normalized spacial score (nSPS) is 12.3. The maximum Gasteiger partial charge on any atom is 0.269 e. The Morgan fingerprint density at radius 2 is 1.53 bits per heavy atom. The molecule has 6 nitrogen and oxygen atoms in total. The molecule has 0 aliphatic heterocycles. The second kappa shape index (κ2) is 8.89. The van der Waals surface area contributed by atoms with Gasteiger partial charge in [-0.1, -0.05) is 45.8 Å². The first kappa shape index (κ1) is 21.9. The molecule has 0 heterocycles. The molecule has 0 amide bonds. The number of nitro groups is 1. The highest BCUT2D eigenvalue weighted by molar-refractivity contribution is 9.10. The van der Waals surface area contributed by atoms with Crippen molar-refractivity contribution in [3.05, 3.63) is 104 Å². The van der Waals surface area contributed by atoms with E-state index in [1.807, 2.05) is 6.92 Å². The Balaban J connectivity index is 1.99. The number of hydrogen-bond donors (Lipinski definition) is 0. The Bertz CT molecular complexity index is 1170. The molecule has 0 aliphatic rings. The molecule has 1 atom stereocenters. The van der Waals surface area contributed by atoms with Gasteiger partial charge < -0.3 is 0 Å². The number of benzene rings is 3. The van der Waals surface area contributed by atoms with Gasteiger partial charge in [-0.25, -0.2) is 8.42 Å². The van der Waals surface area contributed by atoms with E-state index in [1.165, 1.54) is 36.4 Å². The molecule has 0 N–H and O–H groups in total. The molecule has 3 aromatic rings. The van der Waals surface area contributed by atoms with E-state index >= 15 is 0 Å². The number of carbonyl (C=O) groups is 1. The van der Waals surface area contributed by atoms with Gasteiger partial charge in [-0.2, -0.15) is 0 Å². The topological polar surface area (TPSA) is 94.3 Å². The van der Waals surface area contributed by atoms with E-state index in [-0.39, 0.29) is 22.6 Å². The SMILES string of the molecule is Cc1ccc(S(=O)(=O)[C@@H](CC(=O)c2ccc([N+](=O)[O-])cc2)c2ccc(Br)cc2)cc1. The first-order valence-corrected chi connectivity index (χ1v) is 11.4. The molecule has 3 aromatic carbocycles. The average Bonchev–Trinajstić information content (AvgIpc) is 2.73. The van der Waals surface area contributed by atoms with Crippen LogP contribution < -0.4 is 0 Å². The summed E-state index contributed by atoms with van der Waals surface area (Å²) in [7, 11) is -3.85. The minimum Gasteiger partial charge on any atom is -0.294 e. The van der Waals surface area contributed by atoms with Gasteiger partial charge in [-0.05, 0) is 48.9 Å². The maximum atomic E-state index is 13.4. The molecule has 0 fully saturated rings. The smallest absolute Gasteiger partial charge is 0.269 e. The molecule has 0 saturated heterocycles. The van der Waals surface area contributed by atoms with E-state index in [2.05, 4.69) is 15.9 Å². The predicted octanol–water partition coefficient (Wildman–Crippen LogP) is 5.45. The van der Waals surface area contributed by atoms with Gasteiger partial charge in [0.15, 0.2) is 15.6 Å². The summed E-state index contributed by atoms with van der Waals surface area (Å²) in [5.74, 6) is -0.409. The summed E-state index contributed by atoms with van der Waals surface area (Å²) in [6, 6.07) is 18.4. The number of sulfone groups is 1. The zero-order chi connectivity index (χ0) is 21.9. The van der Waals surface area contributed by atoms with Crippen LogP contribution >= 0.6 is 15.9 Å². The van der Waals surface area contributed by atoms with Gasteiger partial charge in [0.2, 0.25) is 0 Å². The summed E-state index contributed by atoms with van der Waals surface area (Å²) in [6.07, 6.45) is -0.282. The molecule has 30 heavy (non-hydrogen) atoms. The molecule has 0 bridgehead atoms.